The SMILES string of the molecule is Cc1cc(-c2cccc(C(F)CCNS(=O)[O-])c2F)cc2c(N3CCOCC3)nc(-c3ccc(N)nc3)nc12. The van der Waals surface area contributed by atoms with Crippen molar-refractivity contribution in [3.8, 4) is 22.5 Å². The number of hydrogen-bond acceptors (Lipinski definition) is 8. The Balaban J connectivity index is 1.60. The Hall–Kier alpha value is -3.58. The summed E-state index contributed by atoms with van der Waals surface area (Å²) >= 11 is -2.51. The Morgan fingerprint density at radius 1 is 1.18 bits per heavy atom. The van der Waals surface area contributed by atoms with Gasteiger partial charge in [0.1, 0.15) is 23.6 Å². The van der Waals surface area contributed by atoms with E-state index in [1.165, 1.54) is 6.07 Å². The first-order valence-electron chi connectivity index (χ1n) is 12.4. The zero-order valence-electron chi connectivity index (χ0n) is 21.2. The number of nitrogen functional groups attached to an aromatic ring is 1. The third kappa shape index (κ3) is 5.88. The maximum absolute atomic E-state index is 15.6. The molecule has 0 bridgehead atoms. The summed E-state index contributed by atoms with van der Waals surface area (Å²) in [4.78, 5) is 16.0. The highest BCUT2D eigenvalue weighted by Crippen LogP contribution is 2.36. The molecule has 9 nitrogen and oxygen atoms in total. The van der Waals surface area contributed by atoms with Crippen LogP contribution in [0, 0.1) is 12.7 Å². The number of halogens is 2. The molecule has 3 heterocycles. The third-order valence-corrected chi connectivity index (χ3v) is 7.06. The lowest BCUT2D eigenvalue weighted by atomic mass is 9.96. The van der Waals surface area contributed by atoms with Crippen LogP contribution >= 0.6 is 0 Å². The predicted octanol–water partition coefficient (Wildman–Crippen LogP) is 4.01. The molecule has 2 atom stereocenters. The van der Waals surface area contributed by atoms with E-state index in [1.54, 1.807) is 24.4 Å². The van der Waals surface area contributed by atoms with Gasteiger partial charge in [-0.1, -0.05) is 18.2 Å². The lowest BCUT2D eigenvalue weighted by Crippen LogP contribution is -2.37. The quantitative estimate of drug-likeness (QED) is 0.313. The molecule has 2 unspecified atom stereocenters. The van der Waals surface area contributed by atoms with Crippen molar-refractivity contribution in [3.05, 3.63) is 65.6 Å². The largest absolute Gasteiger partial charge is 0.760 e. The molecular formula is C27H27F2N6O3S-. The first-order chi connectivity index (χ1) is 18.8. The van der Waals surface area contributed by atoms with Crippen molar-refractivity contribution in [1.29, 1.82) is 0 Å². The van der Waals surface area contributed by atoms with Crippen molar-refractivity contribution in [2.75, 3.05) is 43.5 Å². The fourth-order valence-electron chi connectivity index (χ4n) is 4.67. The average molecular weight is 554 g/mol. The van der Waals surface area contributed by atoms with E-state index in [4.69, 9.17) is 20.4 Å². The molecule has 2 aromatic carbocycles. The minimum absolute atomic E-state index is 0.125. The summed E-state index contributed by atoms with van der Waals surface area (Å²) < 4.78 is 59.5. The van der Waals surface area contributed by atoms with Gasteiger partial charge in [0.05, 0.1) is 18.7 Å². The number of rotatable bonds is 8. The fraction of sp³-hybridized carbons (Fsp3) is 0.296. The fourth-order valence-corrected chi connectivity index (χ4v) is 4.95. The van der Waals surface area contributed by atoms with Crippen LogP contribution in [0.4, 0.5) is 20.4 Å². The number of morpholine rings is 1. The van der Waals surface area contributed by atoms with Crippen LogP contribution in [0.5, 0.6) is 0 Å². The van der Waals surface area contributed by atoms with E-state index < -0.39 is 23.3 Å². The van der Waals surface area contributed by atoms with Crippen LogP contribution in [0.25, 0.3) is 33.4 Å². The van der Waals surface area contributed by atoms with Crippen molar-refractivity contribution >= 4 is 33.8 Å². The van der Waals surface area contributed by atoms with Crippen LogP contribution in [0.15, 0.2) is 48.7 Å². The van der Waals surface area contributed by atoms with E-state index in [2.05, 4.69) is 14.6 Å². The second-order valence-electron chi connectivity index (χ2n) is 9.23. The number of hydrogen-bond donors (Lipinski definition) is 2. The first-order valence-corrected chi connectivity index (χ1v) is 13.5. The molecule has 0 amide bonds. The number of fused-ring (bicyclic) bond motifs is 1. The molecule has 12 heteroatoms. The number of nitrogens with one attached hydrogen (secondary N) is 1. The summed E-state index contributed by atoms with van der Waals surface area (Å²) in [6, 6.07) is 11.7. The highest BCUT2D eigenvalue weighted by Gasteiger charge is 2.22. The van der Waals surface area contributed by atoms with E-state index in [9.17, 15) is 13.2 Å². The second kappa shape index (κ2) is 11.7. The van der Waals surface area contributed by atoms with Gasteiger partial charge in [0, 0.05) is 59.2 Å². The Bertz CT molecular complexity index is 1520. The first kappa shape index (κ1) is 27.0. The summed E-state index contributed by atoms with van der Waals surface area (Å²) in [7, 11) is 0. The van der Waals surface area contributed by atoms with E-state index >= 15 is 4.39 Å². The molecule has 1 aliphatic rings. The van der Waals surface area contributed by atoms with Gasteiger partial charge in [-0.3, -0.25) is 4.21 Å². The molecule has 1 saturated heterocycles. The number of aromatic nitrogens is 3. The van der Waals surface area contributed by atoms with Crippen molar-refractivity contribution < 1.29 is 22.3 Å². The minimum atomic E-state index is -2.51. The van der Waals surface area contributed by atoms with E-state index in [0.29, 0.717) is 60.4 Å². The highest BCUT2D eigenvalue weighted by molar-refractivity contribution is 7.77. The summed E-state index contributed by atoms with van der Waals surface area (Å²) in [5.74, 6) is 0.890. The molecule has 0 aliphatic carbocycles. The molecule has 1 fully saturated rings. The van der Waals surface area contributed by atoms with E-state index in [-0.39, 0.29) is 24.1 Å². The molecule has 0 radical (unpaired) electrons. The van der Waals surface area contributed by atoms with Gasteiger partial charge >= 0.3 is 0 Å². The maximum atomic E-state index is 15.6. The summed E-state index contributed by atoms with van der Waals surface area (Å²) in [6.07, 6.45) is -0.240. The van der Waals surface area contributed by atoms with Crippen LogP contribution < -0.4 is 15.4 Å². The van der Waals surface area contributed by atoms with Gasteiger partial charge in [0.2, 0.25) is 0 Å². The summed E-state index contributed by atoms with van der Waals surface area (Å²) in [5.41, 5.74) is 8.65. The normalized spacial score (nSPS) is 15.4. The molecule has 0 spiro atoms. The molecule has 0 saturated carbocycles. The topological polar surface area (TPSA) is 129 Å². The van der Waals surface area contributed by atoms with Crippen LogP contribution in [-0.2, 0) is 16.0 Å². The van der Waals surface area contributed by atoms with Crippen LogP contribution in [0.3, 0.4) is 0 Å². The van der Waals surface area contributed by atoms with Crippen molar-refractivity contribution in [3.63, 3.8) is 0 Å². The van der Waals surface area contributed by atoms with Gasteiger partial charge in [-0.25, -0.2) is 28.5 Å². The average Bonchev–Trinajstić information content (AvgIpc) is 2.93. The van der Waals surface area contributed by atoms with Crippen molar-refractivity contribution in [2.45, 2.75) is 19.5 Å². The van der Waals surface area contributed by atoms with Crippen LogP contribution in [-0.4, -0.2) is 56.6 Å². The van der Waals surface area contributed by atoms with Gasteiger partial charge in [-0.15, -0.1) is 0 Å². The van der Waals surface area contributed by atoms with Gasteiger partial charge in [0.15, 0.2) is 5.82 Å². The number of alkyl halides is 1. The number of pyridine rings is 1. The Kier molecular flexibility index (Phi) is 8.07. The molecular weight excluding hydrogens is 526 g/mol. The number of ether oxygens (including phenoxy) is 1. The van der Waals surface area contributed by atoms with Gasteiger partial charge < -0.3 is 19.9 Å². The monoisotopic (exact) mass is 553 g/mol. The standard InChI is InChI=1S/C27H28F2N6O3S/c1-16-13-18(19-3-2-4-20(24(19)29)22(28)7-8-32-39(36)37)14-21-25(16)33-26(17-5-6-23(30)31-15-17)34-27(21)35-9-11-38-12-10-35/h2-6,13-15,22,32H,7-12H2,1H3,(H2,30,31)(H,36,37)/p-1. The second-order valence-corrected chi connectivity index (χ2v) is 9.98. The molecule has 39 heavy (non-hydrogen) atoms. The van der Waals surface area contributed by atoms with Gasteiger partial charge in [-0.2, -0.15) is 0 Å². The number of nitrogens with zero attached hydrogens (tertiary/aromatic N) is 4. The maximum Gasteiger partial charge on any atom is 0.163 e. The van der Waals surface area contributed by atoms with Crippen molar-refractivity contribution in [2.24, 2.45) is 0 Å². The minimum Gasteiger partial charge on any atom is -0.760 e. The van der Waals surface area contributed by atoms with Gasteiger partial charge in [-0.05, 0) is 48.7 Å². The zero-order valence-corrected chi connectivity index (χ0v) is 22.0. The van der Waals surface area contributed by atoms with Gasteiger partial charge in [0.25, 0.3) is 0 Å². The molecule has 1 aliphatic heterocycles. The molecule has 5 rings (SSSR count). The summed E-state index contributed by atoms with van der Waals surface area (Å²) in [6.45, 7) is 4.11. The zero-order chi connectivity index (χ0) is 27.5. The van der Waals surface area contributed by atoms with E-state index in [1.807, 2.05) is 25.1 Å². The number of aryl methyl sites for hydroxylation is 1. The molecule has 204 valence electrons. The highest BCUT2D eigenvalue weighted by atomic mass is 32.2. The van der Waals surface area contributed by atoms with Crippen LogP contribution in [0.1, 0.15) is 23.7 Å². The lowest BCUT2D eigenvalue weighted by Gasteiger charge is -2.29. The Morgan fingerprint density at radius 3 is 2.69 bits per heavy atom. The Morgan fingerprint density at radius 2 is 1.97 bits per heavy atom. The van der Waals surface area contributed by atoms with Crippen molar-refractivity contribution in [1.82, 2.24) is 19.7 Å². The predicted molar refractivity (Wildman–Crippen MR) is 146 cm³/mol. The lowest BCUT2D eigenvalue weighted by molar-refractivity contribution is 0.122. The number of benzene rings is 2. The van der Waals surface area contributed by atoms with E-state index in [0.717, 1.165) is 10.9 Å². The third-order valence-electron chi connectivity index (χ3n) is 6.62. The number of nitrogens with two attached hydrogens (primary N) is 1. The summed E-state index contributed by atoms with van der Waals surface area (Å²) in [5, 5.41) is 0.739. The Labute approximate surface area is 226 Å². The molecule has 4 aromatic rings. The molecule has 3 N–H and O–H groups in total. The smallest absolute Gasteiger partial charge is 0.163 e. The molecule has 2 aromatic heterocycles. The van der Waals surface area contributed by atoms with Crippen LogP contribution in [0.2, 0.25) is 0 Å². The number of anilines is 2.